The van der Waals surface area contributed by atoms with Crippen LogP contribution in [0.25, 0.3) is 12.2 Å². The maximum atomic E-state index is 14.1. The van der Waals surface area contributed by atoms with Crippen molar-refractivity contribution < 1.29 is 38.9 Å². The number of benzene rings is 4. The van der Waals surface area contributed by atoms with Gasteiger partial charge in [-0.15, -0.1) is 13.2 Å². The van der Waals surface area contributed by atoms with E-state index in [9.17, 15) is 29.4 Å². The molecule has 0 aromatic heterocycles. The third kappa shape index (κ3) is 12.4. The Bertz CT molecular complexity index is 2230. The predicted molar refractivity (Wildman–Crippen MR) is 247 cm³/mol. The third-order valence-corrected chi connectivity index (χ3v) is 12.6. The van der Waals surface area contributed by atoms with E-state index in [4.69, 9.17) is 20.9 Å². The van der Waals surface area contributed by atoms with Gasteiger partial charge >= 0.3 is 11.9 Å². The quantitative estimate of drug-likeness (QED) is 0.0189. The Morgan fingerprint density at radius 2 is 0.952 bits per heavy atom. The van der Waals surface area contributed by atoms with Crippen LogP contribution in [0.15, 0.2) is 135 Å². The number of esters is 2. The van der Waals surface area contributed by atoms with Crippen molar-refractivity contribution in [2.45, 2.75) is 76.4 Å². The molecule has 63 heavy (non-hydrogen) atoms. The van der Waals surface area contributed by atoms with E-state index in [0.717, 1.165) is 57.4 Å². The summed E-state index contributed by atoms with van der Waals surface area (Å²) in [7, 11) is 0. The summed E-state index contributed by atoms with van der Waals surface area (Å²) in [5.41, 5.74) is 13.6. The van der Waals surface area contributed by atoms with Crippen molar-refractivity contribution in [1.82, 2.24) is 0 Å². The number of nitrogen functional groups attached to an aromatic ring is 2. The lowest BCUT2D eigenvalue weighted by Gasteiger charge is -2.42. The summed E-state index contributed by atoms with van der Waals surface area (Å²) in [5.74, 6) is -3.82. The molecule has 0 radical (unpaired) electrons. The Kier molecular flexibility index (Phi) is 15.5. The van der Waals surface area contributed by atoms with Crippen LogP contribution in [0, 0.1) is 29.1 Å². The number of rotatable bonds is 18. The Hall–Kier alpha value is -6.36. The third-order valence-electron chi connectivity index (χ3n) is 12.6. The number of ketones is 2. The van der Waals surface area contributed by atoms with Gasteiger partial charge in [-0.2, -0.15) is 0 Å². The van der Waals surface area contributed by atoms with Crippen LogP contribution in [0.4, 0.5) is 11.4 Å². The molecule has 0 atom stereocenters. The summed E-state index contributed by atoms with van der Waals surface area (Å²) in [6.07, 6.45) is 15.4. The van der Waals surface area contributed by atoms with Crippen LogP contribution in [0.1, 0.15) is 80.0 Å². The van der Waals surface area contributed by atoms with Crippen LogP contribution in [0.2, 0.25) is 0 Å². The molecular weight excluding hydrogens is 793 g/mol. The molecule has 10 heteroatoms. The molecule has 4 aromatic carbocycles. The average molecular weight is 851 g/mol. The Labute approximate surface area is 370 Å². The van der Waals surface area contributed by atoms with E-state index in [-0.39, 0.29) is 36.6 Å². The fourth-order valence-corrected chi connectivity index (χ4v) is 8.61. The number of anilines is 2. The standard InChI is InChI=1S/C53H58N2O8/c1-3-36-5-19-42(20-6-36)50(58)62-47-28-14-38(15-29-47)13-27-46(56)35-52(33-40-9-23-44(54)24-10-40,34-41-11-25-45(55)26-12-41)53(60,61)49(57)32-18-39-16-30-48(31-17-39)63-51(59)43-21-7-37(4-2)8-22-43/h3-4,9-18,23-32,36-37,42-43,60-61H,1-2,5-8,19-22,33-35,54-55H2. The lowest BCUT2D eigenvalue weighted by molar-refractivity contribution is -0.230. The van der Waals surface area contributed by atoms with Crippen LogP contribution in [-0.4, -0.2) is 39.5 Å². The molecule has 0 aliphatic heterocycles. The Balaban J connectivity index is 1.21. The van der Waals surface area contributed by atoms with Gasteiger partial charge < -0.3 is 31.2 Å². The van der Waals surface area contributed by atoms with Crippen molar-refractivity contribution in [3.05, 3.63) is 157 Å². The van der Waals surface area contributed by atoms with Crippen molar-refractivity contribution in [2.75, 3.05) is 11.5 Å². The van der Waals surface area contributed by atoms with Gasteiger partial charge in [0.15, 0.2) is 5.78 Å². The zero-order chi connectivity index (χ0) is 45.0. The maximum Gasteiger partial charge on any atom is 0.314 e. The number of allylic oxidation sites excluding steroid dienone is 3. The van der Waals surface area contributed by atoms with Crippen LogP contribution in [0.3, 0.4) is 0 Å². The van der Waals surface area contributed by atoms with E-state index in [1.807, 2.05) is 12.2 Å². The molecule has 2 aliphatic rings. The smallest absolute Gasteiger partial charge is 0.314 e. The zero-order valence-corrected chi connectivity index (χ0v) is 35.7. The van der Waals surface area contributed by atoms with Gasteiger partial charge in [0.05, 0.1) is 11.8 Å². The first-order valence-corrected chi connectivity index (χ1v) is 21.7. The normalized spacial score (nSPS) is 19.3. The molecular formula is C53H58N2O8. The molecule has 6 N–H and O–H groups in total. The second-order valence-electron chi connectivity index (χ2n) is 17.1. The molecule has 4 aromatic rings. The molecule has 2 aliphatic carbocycles. The molecule has 10 nitrogen and oxygen atoms in total. The summed E-state index contributed by atoms with van der Waals surface area (Å²) >= 11 is 0. The van der Waals surface area contributed by atoms with Gasteiger partial charge in [0.25, 0.3) is 0 Å². The minimum absolute atomic E-state index is 0.0889. The van der Waals surface area contributed by atoms with Crippen molar-refractivity contribution in [2.24, 2.45) is 29.1 Å². The average Bonchev–Trinajstić information content (AvgIpc) is 3.29. The highest BCUT2D eigenvalue weighted by atomic mass is 16.5. The van der Waals surface area contributed by atoms with Gasteiger partial charge in [-0.25, -0.2) is 0 Å². The lowest BCUT2D eigenvalue weighted by atomic mass is 9.65. The fourth-order valence-electron chi connectivity index (χ4n) is 8.61. The number of nitrogens with two attached hydrogens (primary N) is 2. The van der Waals surface area contributed by atoms with E-state index in [2.05, 4.69) is 13.2 Å². The van der Waals surface area contributed by atoms with Crippen LogP contribution in [-0.2, 0) is 32.0 Å². The minimum Gasteiger partial charge on any atom is -0.426 e. The molecule has 6 rings (SSSR count). The van der Waals surface area contributed by atoms with Crippen molar-refractivity contribution in [1.29, 1.82) is 0 Å². The molecule has 0 bridgehead atoms. The predicted octanol–water partition coefficient (Wildman–Crippen LogP) is 9.05. The van der Waals surface area contributed by atoms with Crippen LogP contribution < -0.4 is 20.9 Å². The highest BCUT2D eigenvalue weighted by Crippen LogP contribution is 2.43. The first kappa shape index (κ1) is 46.2. The number of hydrogen-bond donors (Lipinski definition) is 4. The first-order chi connectivity index (χ1) is 30.2. The summed E-state index contributed by atoms with van der Waals surface area (Å²) in [4.78, 5) is 53.8. The van der Waals surface area contributed by atoms with Crippen molar-refractivity contribution in [3.63, 3.8) is 0 Å². The molecule has 0 unspecified atom stereocenters. The van der Waals surface area contributed by atoms with E-state index >= 15 is 0 Å². The number of aliphatic hydroxyl groups is 2. The van der Waals surface area contributed by atoms with Gasteiger partial charge in [-0.05, 0) is 159 Å². The minimum atomic E-state index is -3.06. The van der Waals surface area contributed by atoms with E-state index in [1.54, 1.807) is 103 Å². The summed E-state index contributed by atoms with van der Waals surface area (Å²) < 4.78 is 11.3. The largest absolute Gasteiger partial charge is 0.426 e. The van der Waals surface area contributed by atoms with Gasteiger partial charge in [0.2, 0.25) is 11.6 Å². The molecule has 2 fully saturated rings. The molecule has 2 saturated carbocycles. The molecule has 0 heterocycles. The lowest BCUT2D eigenvalue weighted by Crippen LogP contribution is -2.57. The molecule has 0 saturated heterocycles. The van der Waals surface area contributed by atoms with Crippen molar-refractivity contribution in [3.8, 4) is 11.5 Å². The van der Waals surface area contributed by atoms with Crippen molar-refractivity contribution >= 4 is 47.0 Å². The van der Waals surface area contributed by atoms with E-state index < -0.39 is 29.2 Å². The van der Waals surface area contributed by atoms with Gasteiger partial charge in [-0.3, -0.25) is 19.2 Å². The molecule has 328 valence electrons. The first-order valence-electron chi connectivity index (χ1n) is 21.7. The summed E-state index contributed by atoms with van der Waals surface area (Å²) in [6.45, 7) is 7.73. The zero-order valence-electron chi connectivity index (χ0n) is 35.7. The van der Waals surface area contributed by atoms with E-state index in [1.165, 1.54) is 12.2 Å². The van der Waals surface area contributed by atoms with Crippen LogP contribution in [0.5, 0.6) is 11.5 Å². The summed E-state index contributed by atoms with van der Waals surface area (Å²) in [5, 5.41) is 24.4. The Morgan fingerprint density at radius 1 is 0.571 bits per heavy atom. The number of hydrogen-bond acceptors (Lipinski definition) is 10. The van der Waals surface area contributed by atoms with Gasteiger partial charge in [0.1, 0.15) is 11.5 Å². The topological polar surface area (TPSA) is 179 Å². The number of ether oxygens (including phenoxy) is 2. The van der Waals surface area contributed by atoms with Gasteiger partial charge in [-0.1, -0.05) is 72.8 Å². The number of carbonyl (C=O) groups is 4. The Morgan fingerprint density at radius 3 is 1.33 bits per heavy atom. The van der Waals surface area contributed by atoms with E-state index in [0.29, 0.717) is 57.0 Å². The van der Waals surface area contributed by atoms with Gasteiger partial charge in [0, 0.05) is 23.2 Å². The SMILES string of the molecule is C=CC1CCC(C(=O)Oc2ccc(C=CC(=O)CC(Cc3ccc(N)cc3)(Cc3ccc(N)cc3)C(O)(O)C(=O)C=Cc3ccc(OC(=O)C4CCC(C=C)CC4)cc3)cc2)CC1. The van der Waals surface area contributed by atoms with Crippen LogP contribution >= 0.6 is 0 Å². The molecule has 0 spiro atoms. The summed E-state index contributed by atoms with van der Waals surface area (Å²) in [6, 6.07) is 26.9. The maximum absolute atomic E-state index is 14.1. The second-order valence-corrected chi connectivity index (χ2v) is 17.1. The highest BCUT2D eigenvalue weighted by Gasteiger charge is 2.54. The number of carbonyl (C=O) groups excluding carboxylic acids is 4. The highest BCUT2D eigenvalue weighted by molar-refractivity contribution is 6.01. The second kappa shape index (κ2) is 21.1. The fraction of sp³-hybridized carbons (Fsp3) is 0.321. The monoisotopic (exact) mass is 850 g/mol. The molecule has 0 amide bonds.